The largest absolute Gasteiger partial charge is 0.372 e. The van der Waals surface area contributed by atoms with Crippen LogP contribution >= 0.6 is 35.6 Å². The molecule has 0 saturated carbocycles. The summed E-state index contributed by atoms with van der Waals surface area (Å²) in [5.74, 6) is 0.645. The van der Waals surface area contributed by atoms with Gasteiger partial charge in [0.25, 0.3) is 0 Å². The zero-order valence-electron chi connectivity index (χ0n) is 5.77. The molecule has 1 N–H and O–H groups in total. The molecule has 0 spiro atoms. The van der Waals surface area contributed by atoms with Gasteiger partial charge in [-0.2, -0.15) is 0 Å². The average molecular weight is 213 g/mol. The highest BCUT2D eigenvalue weighted by Crippen LogP contribution is 2.21. The summed E-state index contributed by atoms with van der Waals surface area (Å²) in [7, 11) is 1.75. The predicted octanol–water partition coefficient (Wildman–Crippen LogP) is 2.85. The lowest BCUT2D eigenvalue weighted by Gasteiger charge is -2.00. The highest BCUT2D eigenvalue weighted by molar-refractivity contribution is 6.35. The van der Waals surface area contributed by atoms with E-state index in [0.29, 0.717) is 15.9 Å². The normalized spacial score (nSPS) is 8.64. The van der Waals surface area contributed by atoms with Gasteiger partial charge in [0.15, 0.2) is 0 Å². The molecule has 2 nitrogen and oxygen atoms in total. The molecule has 1 rings (SSSR count). The molecule has 0 fully saturated rings. The van der Waals surface area contributed by atoms with Crippen molar-refractivity contribution in [3.63, 3.8) is 0 Å². The maximum atomic E-state index is 5.72. The number of hydrogen-bond donors (Lipinski definition) is 1. The van der Waals surface area contributed by atoms with E-state index >= 15 is 0 Å². The monoisotopic (exact) mass is 212 g/mol. The Balaban J connectivity index is 0.000001000. The van der Waals surface area contributed by atoms with Crippen molar-refractivity contribution in [2.24, 2.45) is 0 Å². The molecule has 62 valence electrons. The zero-order valence-corrected chi connectivity index (χ0v) is 8.09. The minimum Gasteiger partial charge on any atom is -0.372 e. The second-order valence-electron chi connectivity index (χ2n) is 1.73. The van der Waals surface area contributed by atoms with Gasteiger partial charge < -0.3 is 5.32 Å². The first-order valence-corrected chi connectivity index (χ1v) is 3.48. The lowest BCUT2D eigenvalue weighted by Crippen LogP contribution is -1.91. The molecule has 0 atom stereocenters. The van der Waals surface area contributed by atoms with E-state index in [0.717, 1.165) is 0 Å². The van der Waals surface area contributed by atoms with Crippen molar-refractivity contribution in [2.75, 3.05) is 12.4 Å². The molecule has 1 aromatic heterocycles. The van der Waals surface area contributed by atoms with E-state index in [2.05, 4.69) is 10.3 Å². The molecule has 0 aliphatic rings. The summed E-state index contributed by atoms with van der Waals surface area (Å²) in [6, 6.07) is 1.64. The van der Waals surface area contributed by atoms with E-state index in [1.807, 2.05) is 0 Å². The van der Waals surface area contributed by atoms with E-state index in [-0.39, 0.29) is 12.4 Å². The van der Waals surface area contributed by atoms with Gasteiger partial charge in [0.05, 0.1) is 10.0 Å². The van der Waals surface area contributed by atoms with Crippen molar-refractivity contribution in [1.29, 1.82) is 0 Å². The molecule has 0 radical (unpaired) electrons. The first-order valence-electron chi connectivity index (χ1n) is 2.73. The summed E-state index contributed by atoms with van der Waals surface area (Å²) in [6.07, 6.45) is 1.54. The summed E-state index contributed by atoms with van der Waals surface area (Å²) in [4.78, 5) is 3.92. The molecule has 1 heterocycles. The van der Waals surface area contributed by atoms with Crippen LogP contribution in [-0.2, 0) is 0 Å². The third kappa shape index (κ3) is 2.73. The first kappa shape index (κ1) is 10.8. The fourth-order valence-corrected chi connectivity index (χ4v) is 1.07. The first-order chi connectivity index (χ1) is 4.74. The van der Waals surface area contributed by atoms with Gasteiger partial charge in [-0.05, 0) is 6.07 Å². The molecule has 5 heteroatoms. The summed E-state index contributed by atoms with van der Waals surface area (Å²) in [5, 5.41) is 3.90. The van der Waals surface area contributed by atoms with E-state index in [1.54, 1.807) is 19.3 Å². The topological polar surface area (TPSA) is 24.9 Å². The van der Waals surface area contributed by atoms with Crippen LogP contribution in [0.2, 0.25) is 10.0 Å². The number of nitrogens with zero attached hydrogens (tertiary/aromatic N) is 1. The van der Waals surface area contributed by atoms with E-state index in [9.17, 15) is 0 Å². The maximum absolute atomic E-state index is 5.72. The summed E-state index contributed by atoms with van der Waals surface area (Å²) in [6.45, 7) is 0. The second-order valence-corrected chi connectivity index (χ2v) is 2.58. The number of halogens is 3. The molecule has 0 amide bonds. The van der Waals surface area contributed by atoms with Gasteiger partial charge in [-0.25, -0.2) is 4.98 Å². The Kier molecular flexibility index (Phi) is 4.57. The van der Waals surface area contributed by atoms with Crippen LogP contribution in [0.4, 0.5) is 5.82 Å². The Labute approximate surface area is 81.3 Å². The van der Waals surface area contributed by atoms with Crippen molar-refractivity contribution in [3.8, 4) is 0 Å². The second kappa shape index (κ2) is 4.65. The smallest absolute Gasteiger partial charge is 0.144 e. The van der Waals surface area contributed by atoms with Crippen LogP contribution in [0.15, 0.2) is 12.3 Å². The lowest BCUT2D eigenvalue weighted by molar-refractivity contribution is 1.29. The third-order valence-electron chi connectivity index (χ3n) is 1.04. The molecule has 1 aromatic rings. The van der Waals surface area contributed by atoms with Crippen molar-refractivity contribution in [2.45, 2.75) is 0 Å². The van der Waals surface area contributed by atoms with Crippen LogP contribution in [0, 0.1) is 0 Å². The third-order valence-corrected chi connectivity index (χ3v) is 1.54. The van der Waals surface area contributed by atoms with Gasteiger partial charge in [-0.3, -0.25) is 0 Å². The minimum absolute atomic E-state index is 0. The minimum atomic E-state index is 0. The fourth-order valence-electron chi connectivity index (χ4n) is 0.599. The van der Waals surface area contributed by atoms with Crippen LogP contribution in [0.3, 0.4) is 0 Å². The Morgan fingerprint density at radius 1 is 1.45 bits per heavy atom. The Morgan fingerprint density at radius 3 is 2.55 bits per heavy atom. The van der Waals surface area contributed by atoms with Gasteiger partial charge in [0.2, 0.25) is 0 Å². The van der Waals surface area contributed by atoms with Crippen molar-refractivity contribution in [3.05, 3.63) is 22.3 Å². The molecule has 0 aliphatic heterocycles. The van der Waals surface area contributed by atoms with Crippen LogP contribution in [-0.4, -0.2) is 12.0 Å². The standard InChI is InChI=1S/C6H6Cl2N2.ClH/c1-9-6-5(8)2-4(7)3-10-6;/h2-3H,1H3,(H,9,10);1H. The summed E-state index contributed by atoms with van der Waals surface area (Å²) >= 11 is 11.3. The van der Waals surface area contributed by atoms with Crippen LogP contribution < -0.4 is 5.32 Å². The van der Waals surface area contributed by atoms with Crippen molar-refractivity contribution >= 4 is 41.4 Å². The van der Waals surface area contributed by atoms with Crippen molar-refractivity contribution in [1.82, 2.24) is 4.98 Å². The number of rotatable bonds is 1. The van der Waals surface area contributed by atoms with E-state index in [1.165, 1.54) is 0 Å². The fraction of sp³-hybridized carbons (Fsp3) is 0.167. The van der Waals surface area contributed by atoms with Gasteiger partial charge >= 0.3 is 0 Å². The van der Waals surface area contributed by atoms with Crippen LogP contribution in [0.25, 0.3) is 0 Å². The summed E-state index contributed by atoms with van der Waals surface area (Å²) < 4.78 is 0. The highest BCUT2D eigenvalue weighted by Gasteiger charge is 1.98. The van der Waals surface area contributed by atoms with Crippen molar-refractivity contribution < 1.29 is 0 Å². The summed E-state index contributed by atoms with van der Waals surface area (Å²) in [5.41, 5.74) is 0. The number of hydrogen-bond acceptors (Lipinski definition) is 2. The number of nitrogens with one attached hydrogen (secondary N) is 1. The molecule has 0 aliphatic carbocycles. The SMILES string of the molecule is CNc1ncc(Cl)cc1Cl.Cl. The number of pyridine rings is 1. The van der Waals surface area contributed by atoms with Gasteiger partial charge in [-0.15, -0.1) is 12.4 Å². The zero-order chi connectivity index (χ0) is 7.56. The average Bonchev–Trinajstić information content (AvgIpc) is 1.88. The maximum Gasteiger partial charge on any atom is 0.144 e. The van der Waals surface area contributed by atoms with Crippen LogP contribution in [0.1, 0.15) is 0 Å². The van der Waals surface area contributed by atoms with Gasteiger partial charge in [0, 0.05) is 13.2 Å². The number of aromatic nitrogens is 1. The van der Waals surface area contributed by atoms with E-state index in [4.69, 9.17) is 23.2 Å². The molecular weight excluding hydrogens is 206 g/mol. The molecular formula is C6H7Cl3N2. The number of anilines is 1. The molecule has 11 heavy (non-hydrogen) atoms. The van der Waals surface area contributed by atoms with Gasteiger partial charge in [0.1, 0.15) is 5.82 Å². The molecule has 0 bridgehead atoms. The Hall–Kier alpha value is -0.180. The Morgan fingerprint density at radius 2 is 2.09 bits per heavy atom. The Bertz CT molecular complexity index is 239. The molecule has 0 unspecified atom stereocenters. The van der Waals surface area contributed by atoms with Gasteiger partial charge in [-0.1, -0.05) is 23.2 Å². The molecule has 0 saturated heterocycles. The lowest BCUT2D eigenvalue weighted by atomic mass is 10.4. The quantitative estimate of drug-likeness (QED) is 0.776. The highest BCUT2D eigenvalue weighted by atomic mass is 35.5. The molecule has 0 aromatic carbocycles. The van der Waals surface area contributed by atoms with Crippen LogP contribution in [0.5, 0.6) is 0 Å². The predicted molar refractivity (Wildman–Crippen MR) is 51.1 cm³/mol. The van der Waals surface area contributed by atoms with E-state index < -0.39 is 0 Å².